The fourth-order valence-electron chi connectivity index (χ4n) is 1.34. The van der Waals surface area contributed by atoms with Gasteiger partial charge in [-0.1, -0.05) is 13.8 Å². The molecule has 0 fully saturated rings. The zero-order chi connectivity index (χ0) is 12.0. The standard InChI is InChI=1S/C10H22N4O/c1-5-14(6-2)10(15)13-8(7(3)4)9(11)12/h7-8H,5-6H2,1-4H3,(H3,11,12)(H,13,15). The van der Waals surface area contributed by atoms with Crippen LogP contribution in [0.3, 0.4) is 0 Å². The number of nitrogens with one attached hydrogen (secondary N) is 2. The lowest BCUT2D eigenvalue weighted by Gasteiger charge is -2.26. The van der Waals surface area contributed by atoms with Gasteiger partial charge in [0, 0.05) is 13.1 Å². The van der Waals surface area contributed by atoms with Crippen molar-refractivity contribution in [2.75, 3.05) is 13.1 Å². The summed E-state index contributed by atoms with van der Waals surface area (Å²) in [5, 5.41) is 10.1. The predicted molar refractivity (Wildman–Crippen MR) is 62.0 cm³/mol. The van der Waals surface area contributed by atoms with Crippen LogP contribution in [0.1, 0.15) is 27.7 Å². The molecule has 5 heteroatoms. The van der Waals surface area contributed by atoms with Crippen LogP contribution in [0.5, 0.6) is 0 Å². The molecule has 0 aliphatic carbocycles. The number of carbonyl (C=O) groups excluding carboxylic acids is 1. The average molecular weight is 214 g/mol. The van der Waals surface area contributed by atoms with Crippen molar-refractivity contribution in [3.05, 3.63) is 0 Å². The number of amides is 2. The van der Waals surface area contributed by atoms with Gasteiger partial charge < -0.3 is 16.0 Å². The monoisotopic (exact) mass is 214 g/mol. The Morgan fingerprint density at radius 3 is 2.13 bits per heavy atom. The van der Waals surface area contributed by atoms with Crippen molar-refractivity contribution in [3.8, 4) is 0 Å². The van der Waals surface area contributed by atoms with Crippen LogP contribution in [0.15, 0.2) is 0 Å². The van der Waals surface area contributed by atoms with Crippen LogP contribution in [0.25, 0.3) is 0 Å². The van der Waals surface area contributed by atoms with E-state index in [9.17, 15) is 4.79 Å². The zero-order valence-electron chi connectivity index (χ0n) is 10.0. The molecule has 0 rings (SSSR count). The number of carbonyl (C=O) groups is 1. The number of hydrogen-bond donors (Lipinski definition) is 3. The Morgan fingerprint density at radius 2 is 1.87 bits per heavy atom. The van der Waals surface area contributed by atoms with E-state index in [0.717, 1.165) is 0 Å². The lowest BCUT2D eigenvalue weighted by Crippen LogP contribution is -2.51. The van der Waals surface area contributed by atoms with E-state index in [0.29, 0.717) is 13.1 Å². The predicted octanol–water partition coefficient (Wildman–Crippen LogP) is 0.998. The Balaban J connectivity index is 4.41. The van der Waals surface area contributed by atoms with Gasteiger partial charge in [-0.3, -0.25) is 5.41 Å². The van der Waals surface area contributed by atoms with E-state index in [-0.39, 0.29) is 23.8 Å². The summed E-state index contributed by atoms with van der Waals surface area (Å²) in [4.78, 5) is 13.4. The summed E-state index contributed by atoms with van der Waals surface area (Å²) in [6.07, 6.45) is 0. The van der Waals surface area contributed by atoms with Crippen molar-refractivity contribution in [3.63, 3.8) is 0 Å². The van der Waals surface area contributed by atoms with Gasteiger partial charge in [0.25, 0.3) is 0 Å². The lowest BCUT2D eigenvalue weighted by atomic mass is 10.0. The van der Waals surface area contributed by atoms with Gasteiger partial charge in [-0.25, -0.2) is 4.79 Å². The van der Waals surface area contributed by atoms with Gasteiger partial charge in [0.2, 0.25) is 0 Å². The first-order valence-corrected chi connectivity index (χ1v) is 5.33. The molecule has 0 aliphatic heterocycles. The van der Waals surface area contributed by atoms with Crippen LogP contribution >= 0.6 is 0 Å². The highest BCUT2D eigenvalue weighted by Crippen LogP contribution is 2.02. The number of urea groups is 1. The van der Waals surface area contributed by atoms with Crippen LogP contribution in [0, 0.1) is 11.3 Å². The van der Waals surface area contributed by atoms with Crippen LogP contribution in [0.4, 0.5) is 4.79 Å². The minimum absolute atomic E-state index is 0.00510. The van der Waals surface area contributed by atoms with E-state index in [1.165, 1.54) is 0 Å². The molecule has 5 nitrogen and oxygen atoms in total. The summed E-state index contributed by atoms with van der Waals surface area (Å²) >= 11 is 0. The maximum absolute atomic E-state index is 11.7. The van der Waals surface area contributed by atoms with Gasteiger partial charge in [0.15, 0.2) is 0 Å². The summed E-state index contributed by atoms with van der Waals surface area (Å²) in [6, 6.07) is -0.535. The summed E-state index contributed by atoms with van der Waals surface area (Å²) in [6.45, 7) is 9.00. The summed E-state index contributed by atoms with van der Waals surface area (Å²) in [5.41, 5.74) is 5.42. The van der Waals surface area contributed by atoms with E-state index in [1.54, 1.807) is 4.90 Å². The average Bonchev–Trinajstić information content (AvgIpc) is 2.15. The molecule has 2 amide bonds. The van der Waals surface area contributed by atoms with Crippen molar-refractivity contribution in [1.29, 1.82) is 5.41 Å². The normalized spacial score (nSPS) is 12.3. The number of nitrogens with two attached hydrogens (primary N) is 1. The highest BCUT2D eigenvalue weighted by Gasteiger charge is 2.20. The highest BCUT2D eigenvalue weighted by atomic mass is 16.2. The molecular weight excluding hydrogens is 192 g/mol. The maximum atomic E-state index is 11.7. The number of amidine groups is 1. The molecule has 0 radical (unpaired) electrons. The third-order valence-corrected chi connectivity index (χ3v) is 2.33. The zero-order valence-corrected chi connectivity index (χ0v) is 10.0. The first-order chi connectivity index (χ1) is 6.93. The SMILES string of the molecule is CCN(CC)C(=O)NC(C(=N)N)C(C)C. The summed E-state index contributed by atoms with van der Waals surface area (Å²) in [7, 11) is 0. The molecule has 0 heterocycles. The van der Waals surface area contributed by atoms with Gasteiger partial charge in [0.1, 0.15) is 5.84 Å². The smallest absolute Gasteiger partial charge is 0.317 e. The van der Waals surface area contributed by atoms with Crippen LogP contribution in [0.2, 0.25) is 0 Å². The molecular formula is C10H22N4O. The third-order valence-electron chi connectivity index (χ3n) is 2.33. The van der Waals surface area contributed by atoms with Crippen molar-refractivity contribution in [2.45, 2.75) is 33.7 Å². The molecule has 0 aromatic heterocycles. The maximum Gasteiger partial charge on any atom is 0.317 e. The number of nitrogens with zero attached hydrogens (tertiary/aromatic N) is 1. The van der Waals surface area contributed by atoms with Crippen molar-refractivity contribution in [2.24, 2.45) is 11.7 Å². The molecule has 0 bridgehead atoms. The second kappa shape index (κ2) is 6.27. The summed E-state index contributed by atoms with van der Waals surface area (Å²) < 4.78 is 0. The second-order valence-corrected chi connectivity index (χ2v) is 3.80. The molecule has 0 aromatic rings. The molecule has 0 spiro atoms. The summed E-state index contributed by atoms with van der Waals surface area (Å²) in [5.74, 6) is 0.132. The van der Waals surface area contributed by atoms with E-state index < -0.39 is 0 Å². The van der Waals surface area contributed by atoms with E-state index in [2.05, 4.69) is 5.32 Å². The Hall–Kier alpha value is -1.26. The molecule has 0 aromatic carbocycles. The molecule has 0 saturated carbocycles. The van der Waals surface area contributed by atoms with Gasteiger partial charge in [0.05, 0.1) is 6.04 Å². The van der Waals surface area contributed by atoms with E-state index >= 15 is 0 Å². The topological polar surface area (TPSA) is 82.2 Å². The molecule has 0 aliphatic rings. The largest absolute Gasteiger partial charge is 0.386 e. The highest BCUT2D eigenvalue weighted by molar-refractivity contribution is 5.87. The van der Waals surface area contributed by atoms with Gasteiger partial charge >= 0.3 is 6.03 Å². The Morgan fingerprint density at radius 1 is 1.40 bits per heavy atom. The fraction of sp³-hybridized carbons (Fsp3) is 0.800. The Kier molecular flexibility index (Phi) is 5.74. The minimum atomic E-state index is -0.377. The molecule has 88 valence electrons. The fourth-order valence-corrected chi connectivity index (χ4v) is 1.34. The van der Waals surface area contributed by atoms with Crippen molar-refractivity contribution < 1.29 is 4.79 Å². The van der Waals surface area contributed by atoms with Crippen LogP contribution in [-0.4, -0.2) is 35.9 Å². The molecule has 0 saturated heterocycles. The van der Waals surface area contributed by atoms with E-state index in [1.807, 2.05) is 27.7 Å². The van der Waals surface area contributed by atoms with Crippen molar-refractivity contribution in [1.82, 2.24) is 10.2 Å². The van der Waals surface area contributed by atoms with Gasteiger partial charge in [-0.2, -0.15) is 0 Å². The first kappa shape index (κ1) is 13.7. The second-order valence-electron chi connectivity index (χ2n) is 3.80. The number of hydrogen-bond acceptors (Lipinski definition) is 2. The Bertz CT molecular complexity index is 223. The Labute approximate surface area is 91.5 Å². The molecule has 4 N–H and O–H groups in total. The number of rotatable bonds is 5. The first-order valence-electron chi connectivity index (χ1n) is 5.33. The van der Waals surface area contributed by atoms with Crippen molar-refractivity contribution >= 4 is 11.9 Å². The van der Waals surface area contributed by atoms with Gasteiger partial charge in [-0.05, 0) is 19.8 Å². The quantitative estimate of drug-likeness (QED) is 0.471. The van der Waals surface area contributed by atoms with E-state index in [4.69, 9.17) is 11.1 Å². The lowest BCUT2D eigenvalue weighted by molar-refractivity contribution is 0.199. The molecule has 15 heavy (non-hydrogen) atoms. The van der Waals surface area contributed by atoms with Crippen LogP contribution in [-0.2, 0) is 0 Å². The van der Waals surface area contributed by atoms with Gasteiger partial charge in [-0.15, -0.1) is 0 Å². The molecule has 1 atom stereocenters. The molecule has 1 unspecified atom stereocenters. The third kappa shape index (κ3) is 4.18. The minimum Gasteiger partial charge on any atom is -0.386 e. The van der Waals surface area contributed by atoms with Crippen LogP contribution < -0.4 is 11.1 Å².